The van der Waals surface area contributed by atoms with Gasteiger partial charge < -0.3 is 16.1 Å². The number of hydrazine groups is 1. The SMILES string of the molecule is CCCNC(=O)C(C)Nc1ncnc(NN)c1CCC. The van der Waals surface area contributed by atoms with E-state index in [4.69, 9.17) is 5.84 Å². The van der Waals surface area contributed by atoms with E-state index < -0.39 is 0 Å². The van der Waals surface area contributed by atoms with Crippen LogP contribution < -0.4 is 21.9 Å². The third-order valence-corrected chi connectivity index (χ3v) is 2.88. The molecule has 1 aromatic rings. The van der Waals surface area contributed by atoms with Gasteiger partial charge in [-0.3, -0.25) is 4.79 Å². The molecule has 7 nitrogen and oxygen atoms in total. The number of anilines is 2. The van der Waals surface area contributed by atoms with Crippen molar-refractivity contribution in [1.82, 2.24) is 15.3 Å². The van der Waals surface area contributed by atoms with Gasteiger partial charge in [0.15, 0.2) is 0 Å². The lowest BCUT2D eigenvalue weighted by atomic mass is 10.1. The zero-order valence-corrected chi connectivity index (χ0v) is 12.4. The van der Waals surface area contributed by atoms with Crippen LogP contribution in [0.3, 0.4) is 0 Å². The van der Waals surface area contributed by atoms with E-state index in [2.05, 4.69) is 33.0 Å². The van der Waals surface area contributed by atoms with E-state index in [0.29, 0.717) is 18.2 Å². The molecule has 0 bridgehead atoms. The van der Waals surface area contributed by atoms with Gasteiger partial charge in [0, 0.05) is 12.1 Å². The highest BCUT2D eigenvalue weighted by Crippen LogP contribution is 2.21. The van der Waals surface area contributed by atoms with E-state index in [1.54, 1.807) is 6.92 Å². The molecule has 0 aromatic carbocycles. The Balaban J connectivity index is 2.82. The van der Waals surface area contributed by atoms with Crippen LogP contribution in [0.1, 0.15) is 39.2 Å². The average Bonchev–Trinajstić information content (AvgIpc) is 2.46. The van der Waals surface area contributed by atoms with Crippen molar-refractivity contribution in [3.8, 4) is 0 Å². The van der Waals surface area contributed by atoms with Crippen molar-refractivity contribution in [3.05, 3.63) is 11.9 Å². The van der Waals surface area contributed by atoms with Crippen LogP contribution in [0.15, 0.2) is 6.33 Å². The van der Waals surface area contributed by atoms with Crippen molar-refractivity contribution >= 4 is 17.5 Å². The number of nitrogens with one attached hydrogen (secondary N) is 3. The largest absolute Gasteiger partial charge is 0.358 e. The monoisotopic (exact) mass is 280 g/mol. The van der Waals surface area contributed by atoms with Crippen LogP contribution >= 0.6 is 0 Å². The minimum Gasteiger partial charge on any atom is -0.358 e. The van der Waals surface area contributed by atoms with Gasteiger partial charge in [-0.15, -0.1) is 0 Å². The van der Waals surface area contributed by atoms with Crippen LogP contribution in [0, 0.1) is 0 Å². The number of rotatable bonds is 8. The van der Waals surface area contributed by atoms with Gasteiger partial charge in [0.1, 0.15) is 24.0 Å². The molecule has 0 aliphatic carbocycles. The Hall–Kier alpha value is -1.89. The van der Waals surface area contributed by atoms with Gasteiger partial charge in [0.2, 0.25) is 5.91 Å². The van der Waals surface area contributed by atoms with E-state index >= 15 is 0 Å². The lowest BCUT2D eigenvalue weighted by molar-refractivity contribution is -0.121. The molecule has 0 radical (unpaired) electrons. The molecule has 20 heavy (non-hydrogen) atoms. The van der Waals surface area contributed by atoms with Crippen LogP contribution in [-0.2, 0) is 11.2 Å². The van der Waals surface area contributed by atoms with Gasteiger partial charge in [-0.05, 0) is 19.8 Å². The molecule has 0 aliphatic rings. The van der Waals surface area contributed by atoms with Crippen molar-refractivity contribution in [2.24, 2.45) is 5.84 Å². The summed E-state index contributed by atoms with van der Waals surface area (Å²) in [4.78, 5) is 20.2. The first-order chi connectivity index (χ1) is 9.63. The number of nitrogen functional groups attached to an aromatic ring is 1. The van der Waals surface area contributed by atoms with Crippen LogP contribution in [0.25, 0.3) is 0 Å². The minimum absolute atomic E-state index is 0.0461. The maximum Gasteiger partial charge on any atom is 0.242 e. The Labute approximate surface area is 119 Å². The fraction of sp³-hybridized carbons (Fsp3) is 0.615. The molecule has 1 rings (SSSR count). The smallest absolute Gasteiger partial charge is 0.242 e. The molecule has 0 fully saturated rings. The van der Waals surface area contributed by atoms with Crippen molar-refractivity contribution in [1.29, 1.82) is 0 Å². The van der Waals surface area contributed by atoms with Crippen LogP contribution in [0.5, 0.6) is 0 Å². The summed E-state index contributed by atoms with van der Waals surface area (Å²) in [5.74, 6) is 6.65. The maximum absolute atomic E-state index is 11.9. The highest BCUT2D eigenvalue weighted by molar-refractivity contribution is 5.84. The number of carbonyl (C=O) groups excluding carboxylic acids is 1. The summed E-state index contributed by atoms with van der Waals surface area (Å²) in [5.41, 5.74) is 3.46. The fourth-order valence-electron chi connectivity index (χ4n) is 1.82. The zero-order valence-electron chi connectivity index (χ0n) is 12.4. The summed E-state index contributed by atoms with van der Waals surface area (Å²) in [6, 6.07) is -0.363. The molecule has 7 heteroatoms. The summed E-state index contributed by atoms with van der Waals surface area (Å²) in [6.07, 6.45) is 4.06. The van der Waals surface area contributed by atoms with Crippen molar-refractivity contribution in [2.75, 3.05) is 17.3 Å². The number of amides is 1. The first-order valence-corrected chi connectivity index (χ1v) is 6.98. The molecule has 0 saturated carbocycles. The van der Waals surface area contributed by atoms with Crippen molar-refractivity contribution in [3.63, 3.8) is 0 Å². The summed E-state index contributed by atoms with van der Waals surface area (Å²) in [6.45, 7) is 6.56. The summed E-state index contributed by atoms with van der Waals surface area (Å²) in [5, 5.41) is 5.97. The number of nitrogens with zero attached hydrogens (tertiary/aromatic N) is 2. The first kappa shape index (κ1) is 16.2. The van der Waals surface area contributed by atoms with E-state index in [-0.39, 0.29) is 11.9 Å². The number of hydrogen-bond acceptors (Lipinski definition) is 6. The standard InChI is InChI=1S/C13H24N6O/c1-4-6-10-11(16-8-17-12(10)19-14)18-9(3)13(20)15-7-5-2/h8-9H,4-7,14H2,1-3H3,(H,15,20)(H2,16,17,18,19). The predicted molar refractivity (Wildman–Crippen MR) is 80.2 cm³/mol. The molecule has 1 heterocycles. The molecule has 0 spiro atoms. The predicted octanol–water partition coefficient (Wildman–Crippen LogP) is 1.04. The molecule has 0 saturated heterocycles. The highest BCUT2D eigenvalue weighted by atomic mass is 16.2. The molecular formula is C13H24N6O. The minimum atomic E-state index is -0.363. The molecule has 1 unspecified atom stereocenters. The quantitative estimate of drug-likeness (QED) is 0.419. The third-order valence-electron chi connectivity index (χ3n) is 2.88. The van der Waals surface area contributed by atoms with Crippen LogP contribution in [0.2, 0.25) is 0 Å². The normalized spacial score (nSPS) is 11.8. The molecule has 5 N–H and O–H groups in total. The third kappa shape index (κ3) is 4.34. The molecule has 1 atom stereocenters. The Morgan fingerprint density at radius 2 is 2.00 bits per heavy atom. The summed E-state index contributed by atoms with van der Waals surface area (Å²) in [7, 11) is 0. The summed E-state index contributed by atoms with van der Waals surface area (Å²) >= 11 is 0. The second-order valence-electron chi connectivity index (χ2n) is 4.60. The van der Waals surface area contributed by atoms with Gasteiger partial charge >= 0.3 is 0 Å². The average molecular weight is 280 g/mol. The molecule has 1 amide bonds. The van der Waals surface area contributed by atoms with Crippen molar-refractivity contribution in [2.45, 2.75) is 46.1 Å². The number of hydrogen-bond donors (Lipinski definition) is 4. The van der Waals surface area contributed by atoms with Gasteiger partial charge in [0.05, 0.1) is 0 Å². The van der Waals surface area contributed by atoms with Crippen LogP contribution in [0.4, 0.5) is 11.6 Å². The fourth-order valence-corrected chi connectivity index (χ4v) is 1.82. The molecule has 1 aromatic heterocycles. The van der Waals surface area contributed by atoms with Crippen molar-refractivity contribution < 1.29 is 4.79 Å². The van der Waals surface area contributed by atoms with E-state index in [0.717, 1.165) is 24.8 Å². The molecule has 0 aliphatic heterocycles. The Morgan fingerprint density at radius 1 is 1.30 bits per heavy atom. The number of aromatic nitrogens is 2. The Kier molecular flexibility index (Phi) is 6.72. The van der Waals surface area contributed by atoms with E-state index in [1.807, 2.05) is 6.92 Å². The lowest BCUT2D eigenvalue weighted by Gasteiger charge is -2.18. The molecular weight excluding hydrogens is 256 g/mol. The van der Waals surface area contributed by atoms with Gasteiger partial charge in [-0.25, -0.2) is 15.8 Å². The first-order valence-electron chi connectivity index (χ1n) is 6.98. The summed E-state index contributed by atoms with van der Waals surface area (Å²) < 4.78 is 0. The van der Waals surface area contributed by atoms with Gasteiger partial charge in [-0.1, -0.05) is 20.3 Å². The second-order valence-corrected chi connectivity index (χ2v) is 4.60. The van der Waals surface area contributed by atoms with E-state index in [9.17, 15) is 4.79 Å². The lowest BCUT2D eigenvalue weighted by Crippen LogP contribution is -2.38. The van der Waals surface area contributed by atoms with Gasteiger partial charge in [0.25, 0.3) is 0 Å². The number of nitrogens with two attached hydrogens (primary N) is 1. The maximum atomic E-state index is 11.9. The zero-order chi connectivity index (χ0) is 15.0. The molecule has 112 valence electrons. The topological polar surface area (TPSA) is 105 Å². The van der Waals surface area contributed by atoms with E-state index in [1.165, 1.54) is 6.33 Å². The Morgan fingerprint density at radius 3 is 2.60 bits per heavy atom. The van der Waals surface area contributed by atoms with Crippen LogP contribution in [-0.4, -0.2) is 28.5 Å². The van der Waals surface area contributed by atoms with Gasteiger partial charge in [-0.2, -0.15) is 0 Å². The second kappa shape index (κ2) is 8.31. The highest BCUT2D eigenvalue weighted by Gasteiger charge is 2.16. The Bertz CT molecular complexity index is 437. The number of carbonyl (C=O) groups is 1.